The van der Waals surface area contributed by atoms with Crippen LogP contribution in [0.2, 0.25) is 5.02 Å². The van der Waals surface area contributed by atoms with Gasteiger partial charge < -0.3 is 23.7 Å². The predicted molar refractivity (Wildman–Crippen MR) is 129 cm³/mol. The number of benzene rings is 3. The maximum Gasteiger partial charge on any atom is 0.417 e. The van der Waals surface area contributed by atoms with Gasteiger partial charge in [0.25, 0.3) is 0 Å². The fraction of sp³-hybridized carbons (Fsp3) is 0.160. The van der Waals surface area contributed by atoms with Crippen molar-refractivity contribution in [3.8, 4) is 28.7 Å². The largest absolute Gasteiger partial charge is 0.495 e. The minimum Gasteiger partial charge on any atom is -0.495 e. The average molecular weight is 470 g/mol. The monoisotopic (exact) mass is 469 g/mol. The second-order valence-electron chi connectivity index (χ2n) is 6.72. The molecule has 0 aromatic heterocycles. The molecular formula is C25H24ClNO6. The molecule has 0 fully saturated rings. The SMILES string of the molecule is COc1ccc(/C=C\c2cc(OC)c(OC)c(OC)c2)cc1NC(=O)Oc1ccc(Cl)cc1. The second kappa shape index (κ2) is 11.2. The number of nitrogens with one attached hydrogen (secondary N) is 1. The molecule has 0 aliphatic rings. The van der Waals surface area contributed by atoms with Crippen LogP contribution in [-0.4, -0.2) is 34.5 Å². The number of anilines is 1. The molecule has 8 heteroatoms. The van der Waals surface area contributed by atoms with Crippen molar-refractivity contribution in [1.82, 2.24) is 0 Å². The molecule has 0 radical (unpaired) electrons. The summed E-state index contributed by atoms with van der Waals surface area (Å²) in [7, 11) is 6.21. The molecule has 0 saturated heterocycles. The van der Waals surface area contributed by atoms with Gasteiger partial charge >= 0.3 is 6.09 Å². The van der Waals surface area contributed by atoms with Crippen LogP contribution < -0.4 is 29.0 Å². The van der Waals surface area contributed by atoms with Gasteiger partial charge in [-0.05, 0) is 59.7 Å². The Labute approximate surface area is 197 Å². The third-order valence-electron chi connectivity index (χ3n) is 4.64. The molecule has 0 aliphatic heterocycles. The molecule has 0 heterocycles. The first-order valence-electron chi connectivity index (χ1n) is 9.88. The fourth-order valence-electron chi connectivity index (χ4n) is 3.06. The van der Waals surface area contributed by atoms with E-state index in [4.69, 9.17) is 35.3 Å². The Bertz CT molecular complexity index is 1120. The number of methoxy groups -OCH3 is 4. The molecule has 3 aromatic carbocycles. The summed E-state index contributed by atoms with van der Waals surface area (Å²) in [6, 6.07) is 15.6. The molecule has 3 aromatic rings. The second-order valence-corrected chi connectivity index (χ2v) is 7.16. The van der Waals surface area contributed by atoms with Gasteiger partial charge in [-0.3, -0.25) is 5.32 Å². The third-order valence-corrected chi connectivity index (χ3v) is 4.89. The molecule has 0 bridgehead atoms. The van der Waals surface area contributed by atoms with Gasteiger partial charge in [0.05, 0.1) is 34.1 Å². The van der Waals surface area contributed by atoms with Gasteiger partial charge in [0.1, 0.15) is 11.5 Å². The molecule has 172 valence electrons. The highest BCUT2D eigenvalue weighted by Gasteiger charge is 2.13. The van der Waals surface area contributed by atoms with Crippen molar-refractivity contribution in [1.29, 1.82) is 0 Å². The Hall–Kier alpha value is -3.84. The number of hydrogen-bond acceptors (Lipinski definition) is 6. The van der Waals surface area contributed by atoms with Crippen molar-refractivity contribution in [3.63, 3.8) is 0 Å². The van der Waals surface area contributed by atoms with Gasteiger partial charge in [-0.15, -0.1) is 0 Å². The molecule has 33 heavy (non-hydrogen) atoms. The maximum absolute atomic E-state index is 12.3. The number of hydrogen-bond donors (Lipinski definition) is 1. The molecule has 0 saturated carbocycles. The van der Waals surface area contributed by atoms with Crippen molar-refractivity contribution in [2.45, 2.75) is 0 Å². The molecule has 1 amide bonds. The van der Waals surface area contributed by atoms with Crippen molar-refractivity contribution in [2.75, 3.05) is 33.8 Å². The zero-order chi connectivity index (χ0) is 23.8. The molecule has 0 aliphatic carbocycles. The summed E-state index contributed by atoms with van der Waals surface area (Å²) in [6.45, 7) is 0. The van der Waals surface area contributed by atoms with E-state index in [9.17, 15) is 4.79 Å². The van der Waals surface area contributed by atoms with Crippen LogP contribution in [0.5, 0.6) is 28.7 Å². The van der Waals surface area contributed by atoms with E-state index < -0.39 is 6.09 Å². The van der Waals surface area contributed by atoms with Gasteiger partial charge in [-0.1, -0.05) is 29.8 Å². The van der Waals surface area contributed by atoms with Gasteiger partial charge in [0.2, 0.25) is 5.75 Å². The van der Waals surface area contributed by atoms with E-state index in [-0.39, 0.29) is 0 Å². The molecule has 7 nitrogen and oxygen atoms in total. The Kier molecular flexibility index (Phi) is 8.05. The topological polar surface area (TPSA) is 75.3 Å². The van der Waals surface area contributed by atoms with Crippen molar-refractivity contribution in [3.05, 3.63) is 70.7 Å². The van der Waals surface area contributed by atoms with E-state index in [0.717, 1.165) is 11.1 Å². The molecule has 0 atom stereocenters. The summed E-state index contributed by atoms with van der Waals surface area (Å²) in [5.41, 5.74) is 2.13. The van der Waals surface area contributed by atoms with Gasteiger partial charge in [0.15, 0.2) is 11.5 Å². The highest BCUT2D eigenvalue weighted by atomic mass is 35.5. The number of rotatable bonds is 8. The van der Waals surface area contributed by atoms with Crippen molar-refractivity contribution in [2.24, 2.45) is 0 Å². The first kappa shape index (κ1) is 23.8. The smallest absolute Gasteiger partial charge is 0.417 e. The highest BCUT2D eigenvalue weighted by molar-refractivity contribution is 6.30. The predicted octanol–water partition coefficient (Wildman–Crippen LogP) is 6.16. The van der Waals surface area contributed by atoms with Crippen LogP contribution in [0.25, 0.3) is 12.2 Å². The molecule has 0 spiro atoms. The standard InChI is InChI=1S/C25H24ClNO6/c1-29-21-12-7-16(5-6-17-14-22(30-2)24(32-4)23(15-17)31-3)13-20(21)27-25(28)33-19-10-8-18(26)9-11-19/h5-15H,1-4H3,(H,27,28)/b6-5-. The van der Waals surface area contributed by atoms with E-state index in [0.29, 0.717) is 39.5 Å². The molecule has 1 N–H and O–H groups in total. The Balaban J connectivity index is 1.81. The van der Waals surface area contributed by atoms with E-state index in [1.165, 1.54) is 7.11 Å². The number of amides is 1. The van der Waals surface area contributed by atoms with Gasteiger partial charge in [0, 0.05) is 5.02 Å². The van der Waals surface area contributed by atoms with E-state index in [1.54, 1.807) is 57.7 Å². The number of halogens is 1. The fourth-order valence-corrected chi connectivity index (χ4v) is 3.19. The van der Waals surface area contributed by atoms with Crippen molar-refractivity contribution >= 4 is 35.5 Å². The normalized spacial score (nSPS) is 10.6. The summed E-state index contributed by atoms with van der Waals surface area (Å²) in [6.07, 6.45) is 3.12. The lowest BCUT2D eigenvalue weighted by atomic mass is 10.1. The minimum absolute atomic E-state index is 0.370. The van der Waals surface area contributed by atoms with E-state index >= 15 is 0 Å². The lowest BCUT2D eigenvalue weighted by Gasteiger charge is -2.13. The van der Waals surface area contributed by atoms with E-state index in [1.807, 2.05) is 30.4 Å². The lowest BCUT2D eigenvalue weighted by molar-refractivity contribution is 0.215. The van der Waals surface area contributed by atoms with Crippen LogP contribution in [0.3, 0.4) is 0 Å². The van der Waals surface area contributed by atoms with Crippen LogP contribution in [-0.2, 0) is 0 Å². The number of carbonyl (C=O) groups is 1. The minimum atomic E-state index is -0.652. The summed E-state index contributed by atoms with van der Waals surface area (Å²) < 4.78 is 26.8. The first-order chi connectivity index (χ1) is 16.0. The van der Waals surface area contributed by atoms with E-state index in [2.05, 4.69) is 5.32 Å². The zero-order valence-corrected chi connectivity index (χ0v) is 19.4. The maximum atomic E-state index is 12.3. The van der Waals surface area contributed by atoms with Crippen LogP contribution in [0, 0.1) is 0 Å². The first-order valence-corrected chi connectivity index (χ1v) is 10.3. The summed E-state index contributed by atoms with van der Waals surface area (Å²) in [5, 5.41) is 3.26. The van der Waals surface area contributed by atoms with Crippen molar-refractivity contribution < 1.29 is 28.5 Å². The van der Waals surface area contributed by atoms with Gasteiger partial charge in [-0.25, -0.2) is 4.79 Å². The van der Waals surface area contributed by atoms with Crippen LogP contribution in [0.15, 0.2) is 54.6 Å². The Morgan fingerprint density at radius 1 is 0.758 bits per heavy atom. The number of ether oxygens (including phenoxy) is 5. The molecular weight excluding hydrogens is 446 g/mol. The highest BCUT2D eigenvalue weighted by Crippen LogP contribution is 2.38. The van der Waals surface area contributed by atoms with Gasteiger partial charge in [-0.2, -0.15) is 0 Å². The quantitative estimate of drug-likeness (QED) is 0.398. The van der Waals surface area contributed by atoms with Crippen LogP contribution in [0.4, 0.5) is 10.5 Å². The summed E-state index contributed by atoms with van der Waals surface area (Å²) in [4.78, 5) is 12.3. The zero-order valence-electron chi connectivity index (χ0n) is 18.7. The Morgan fingerprint density at radius 2 is 1.36 bits per heavy atom. The lowest BCUT2D eigenvalue weighted by Crippen LogP contribution is -2.17. The number of carbonyl (C=O) groups excluding carboxylic acids is 1. The Morgan fingerprint density at radius 3 is 1.94 bits per heavy atom. The van der Waals surface area contributed by atoms with Crippen LogP contribution in [0.1, 0.15) is 11.1 Å². The average Bonchev–Trinajstić information content (AvgIpc) is 2.83. The van der Waals surface area contributed by atoms with Crippen LogP contribution >= 0.6 is 11.6 Å². The summed E-state index contributed by atoms with van der Waals surface area (Å²) in [5.74, 6) is 2.49. The molecule has 3 rings (SSSR count). The third kappa shape index (κ3) is 6.11. The molecule has 0 unspecified atom stereocenters. The summed E-state index contributed by atoms with van der Waals surface area (Å²) >= 11 is 5.86.